The van der Waals surface area contributed by atoms with Gasteiger partial charge in [-0.1, -0.05) is 0 Å². The molecule has 1 rings (SSSR count). The van der Waals surface area contributed by atoms with Gasteiger partial charge in [-0.05, 0) is 19.4 Å². The Labute approximate surface area is 43.5 Å². The topological polar surface area (TPSA) is 32.3 Å². The molecule has 0 amide bonds. The summed E-state index contributed by atoms with van der Waals surface area (Å²) < 4.78 is 0. The van der Waals surface area contributed by atoms with Gasteiger partial charge >= 0.3 is 0 Å². The lowest BCUT2D eigenvalue weighted by Crippen LogP contribution is -2.33. The zero-order chi connectivity index (χ0) is 5.11. The first-order valence-corrected chi connectivity index (χ1v) is 2.64. The third-order valence-corrected chi connectivity index (χ3v) is 1.12. The molecule has 2 nitrogen and oxygen atoms in total. The van der Waals surface area contributed by atoms with Gasteiger partial charge in [0.05, 0.1) is 0 Å². The molecule has 1 atom stereocenters. The minimum absolute atomic E-state index is 0.339. The van der Waals surface area contributed by atoms with Crippen LogP contribution in [0.4, 0.5) is 0 Å². The van der Waals surface area contributed by atoms with Crippen LogP contribution in [0.1, 0.15) is 12.8 Å². The van der Waals surface area contributed by atoms with Crippen molar-refractivity contribution < 1.29 is 5.11 Å². The van der Waals surface area contributed by atoms with E-state index in [1.165, 1.54) is 0 Å². The highest BCUT2D eigenvalue weighted by molar-refractivity contribution is 4.78. The van der Waals surface area contributed by atoms with Gasteiger partial charge < -0.3 is 5.11 Å². The van der Waals surface area contributed by atoms with Gasteiger partial charge in [0.1, 0.15) is 6.23 Å². The predicted octanol–water partition coefficient (Wildman–Crippen LogP) is -0.108. The van der Waals surface area contributed by atoms with Crippen LogP contribution < -0.4 is 5.32 Å². The van der Waals surface area contributed by atoms with Gasteiger partial charge in [0.15, 0.2) is 0 Å². The molecule has 0 aliphatic carbocycles. The minimum atomic E-state index is -0.339. The van der Waals surface area contributed by atoms with E-state index < -0.39 is 0 Å². The van der Waals surface area contributed by atoms with Gasteiger partial charge in [-0.3, -0.25) is 5.32 Å². The van der Waals surface area contributed by atoms with Crippen molar-refractivity contribution in [2.45, 2.75) is 19.1 Å². The van der Waals surface area contributed by atoms with Gasteiger partial charge in [-0.25, -0.2) is 0 Å². The number of piperidine rings is 1. The Morgan fingerprint density at radius 2 is 2.57 bits per heavy atom. The van der Waals surface area contributed by atoms with Crippen LogP contribution in [0.3, 0.4) is 0 Å². The van der Waals surface area contributed by atoms with Crippen molar-refractivity contribution in [3.05, 3.63) is 6.42 Å². The van der Waals surface area contributed by atoms with Crippen LogP contribution in [0.15, 0.2) is 0 Å². The van der Waals surface area contributed by atoms with Crippen LogP contribution in [0.5, 0.6) is 0 Å². The van der Waals surface area contributed by atoms with Crippen molar-refractivity contribution in [1.82, 2.24) is 5.32 Å². The maximum Gasteiger partial charge on any atom is 0.108 e. The summed E-state index contributed by atoms with van der Waals surface area (Å²) in [6, 6.07) is 0. The number of aliphatic hydroxyl groups excluding tert-OH is 1. The fraction of sp³-hybridized carbons (Fsp3) is 0.800. The summed E-state index contributed by atoms with van der Waals surface area (Å²) in [7, 11) is 0. The van der Waals surface area contributed by atoms with E-state index in [4.69, 9.17) is 5.11 Å². The molecule has 7 heavy (non-hydrogen) atoms. The molecule has 1 aliphatic heterocycles. The molecule has 1 fully saturated rings. The maximum atomic E-state index is 8.74. The highest BCUT2D eigenvalue weighted by Crippen LogP contribution is 2.01. The van der Waals surface area contributed by atoms with Gasteiger partial charge in [-0.15, -0.1) is 0 Å². The fourth-order valence-electron chi connectivity index (χ4n) is 0.711. The summed E-state index contributed by atoms with van der Waals surface area (Å²) in [6.45, 7) is 0.956. The fourth-order valence-corrected chi connectivity index (χ4v) is 0.711. The summed E-state index contributed by atoms with van der Waals surface area (Å²) in [5.74, 6) is 0. The second kappa shape index (κ2) is 2.28. The molecule has 0 saturated carbocycles. The van der Waals surface area contributed by atoms with Gasteiger partial charge in [-0.2, -0.15) is 0 Å². The quantitative estimate of drug-likeness (QED) is 0.445. The summed E-state index contributed by atoms with van der Waals surface area (Å²) in [5, 5.41) is 11.6. The molecule has 1 heterocycles. The Morgan fingerprint density at radius 3 is 2.86 bits per heavy atom. The number of hydrogen-bond donors (Lipinski definition) is 2. The second-order valence-electron chi connectivity index (χ2n) is 1.78. The Morgan fingerprint density at radius 1 is 1.71 bits per heavy atom. The van der Waals surface area contributed by atoms with E-state index in [1.54, 1.807) is 0 Å². The average Bonchev–Trinajstić information content (AvgIpc) is 1.69. The summed E-state index contributed by atoms with van der Waals surface area (Å²) in [5.41, 5.74) is 0. The molecule has 0 spiro atoms. The van der Waals surface area contributed by atoms with Crippen molar-refractivity contribution in [1.29, 1.82) is 0 Å². The summed E-state index contributed by atoms with van der Waals surface area (Å²) in [6.07, 6.45) is 3.75. The lowest BCUT2D eigenvalue weighted by molar-refractivity contribution is 0.151. The van der Waals surface area contributed by atoms with Crippen molar-refractivity contribution in [2.75, 3.05) is 6.54 Å². The van der Waals surface area contributed by atoms with E-state index in [2.05, 4.69) is 5.32 Å². The molecule has 41 valence electrons. The third-order valence-electron chi connectivity index (χ3n) is 1.12. The molecule has 1 saturated heterocycles. The molecule has 0 unspecified atom stereocenters. The number of rotatable bonds is 0. The van der Waals surface area contributed by atoms with Crippen LogP contribution in [0.2, 0.25) is 0 Å². The molecule has 0 aromatic carbocycles. The molecule has 1 aliphatic rings. The van der Waals surface area contributed by atoms with Crippen molar-refractivity contribution >= 4 is 0 Å². The van der Waals surface area contributed by atoms with Crippen LogP contribution in [-0.4, -0.2) is 17.9 Å². The minimum Gasteiger partial charge on any atom is -0.378 e. The van der Waals surface area contributed by atoms with E-state index in [-0.39, 0.29) is 6.23 Å². The number of aliphatic hydroxyl groups is 1. The lowest BCUT2D eigenvalue weighted by Gasteiger charge is -2.16. The van der Waals surface area contributed by atoms with Gasteiger partial charge in [0.25, 0.3) is 0 Å². The SMILES string of the molecule is O[C@@H]1[CH]CCCN1. The monoisotopic (exact) mass is 100 g/mol. The zero-order valence-electron chi connectivity index (χ0n) is 4.22. The number of nitrogens with one attached hydrogen (secondary N) is 1. The summed E-state index contributed by atoms with van der Waals surface area (Å²) >= 11 is 0. The Bertz CT molecular complexity index is 50.0. The first-order valence-electron chi connectivity index (χ1n) is 2.64. The molecule has 2 N–H and O–H groups in total. The molecular formula is C5H10NO. The normalized spacial score (nSPS) is 33.0. The third kappa shape index (κ3) is 1.45. The molecule has 0 bridgehead atoms. The van der Waals surface area contributed by atoms with E-state index in [0.29, 0.717) is 0 Å². The predicted molar refractivity (Wildman–Crippen MR) is 27.5 cm³/mol. The van der Waals surface area contributed by atoms with E-state index >= 15 is 0 Å². The Kier molecular flexibility index (Phi) is 1.65. The van der Waals surface area contributed by atoms with Crippen molar-refractivity contribution in [2.24, 2.45) is 0 Å². The molecule has 1 radical (unpaired) electrons. The first kappa shape index (κ1) is 5.06. The first-order chi connectivity index (χ1) is 3.39. The Balaban J connectivity index is 2.12. The van der Waals surface area contributed by atoms with Gasteiger partial charge in [0.2, 0.25) is 0 Å². The van der Waals surface area contributed by atoms with Crippen molar-refractivity contribution in [3.8, 4) is 0 Å². The molecular weight excluding hydrogens is 90.1 g/mol. The van der Waals surface area contributed by atoms with Crippen LogP contribution in [0, 0.1) is 6.42 Å². The standard InChI is InChI=1S/C5H10NO/c7-5-3-1-2-4-6-5/h3,5-7H,1-2,4H2/t5-/m1/s1. The summed E-state index contributed by atoms with van der Waals surface area (Å²) in [4.78, 5) is 0. The largest absolute Gasteiger partial charge is 0.378 e. The Hall–Kier alpha value is -0.0800. The zero-order valence-corrected chi connectivity index (χ0v) is 4.22. The van der Waals surface area contributed by atoms with E-state index in [1.807, 2.05) is 6.42 Å². The second-order valence-corrected chi connectivity index (χ2v) is 1.78. The number of hydrogen-bond acceptors (Lipinski definition) is 2. The maximum absolute atomic E-state index is 8.74. The smallest absolute Gasteiger partial charge is 0.108 e. The molecule has 0 aromatic heterocycles. The van der Waals surface area contributed by atoms with Crippen LogP contribution >= 0.6 is 0 Å². The molecule has 2 heteroatoms. The van der Waals surface area contributed by atoms with Crippen LogP contribution in [-0.2, 0) is 0 Å². The van der Waals surface area contributed by atoms with Crippen molar-refractivity contribution in [3.63, 3.8) is 0 Å². The molecule has 0 aromatic rings. The lowest BCUT2D eigenvalue weighted by atomic mass is 10.1. The van der Waals surface area contributed by atoms with E-state index in [9.17, 15) is 0 Å². The van der Waals surface area contributed by atoms with E-state index in [0.717, 1.165) is 19.4 Å². The van der Waals surface area contributed by atoms with Crippen LogP contribution in [0.25, 0.3) is 0 Å². The average molecular weight is 100 g/mol. The highest BCUT2D eigenvalue weighted by atomic mass is 16.3. The van der Waals surface area contributed by atoms with Gasteiger partial charge in [0, 0.05) is 6.42 Å². The highest BCUT2D eigenvalue weighted by Gasteiger charge is 2.06.